The highest BCUT2D eigenvalue weighted by atomic mass is 16.5. The molecule has 2 rings (SSSR count). The van der Waals surface area contributed by atoms with Crippen molar-refractivity contribution in [1.29, 1.82) is 0 Å². The summed E-state index contributed by atoms with van der Waals surface area (Å²) < 4.78 is 5.15. The molecule has 2 N–H and O–H groups in total. The first-order valence-electron chi connectivity index (χ1n) is 8.54. The summed E-state index contributed by atoms with van der Waals surface area (Å²) in [5.41, 5.74) is 4.47. The van der Waals surface area contributed by atoms with Crippen molar-refractivity contribution in [1.82, 2.24) is 9.88 Å². The first kappa shape index (κ1) is 19.7. The summed E-state index contributed by atoms with van der Waals surface area (Å²) in [5.74, 6) is -0.884. The van der Waals surface area contributed by atoms with Gasteiger partial charge in [0, 0.05) is 24.8 Å². The van der Waals surface area contributed by atoms with Crippen molar-refractivity contribution in [2.24, 2.45) is 0 Å². The number of hydrogen-bond acceptors (Lipinski definition) is 4. The summed E-state index contributed by atoms with van der Waals surface area (Å²) >= 11 is 0. The number of carbonyl (C=O) groups is 2. The SMILES string of the molecule is Cc1ccc(CN(C)C(=O)COC(=O)c2[nH]c(C)c([C@H](C)O)c2C)cc1. The van der Waals surface area contributed by atoms with Crippen molar-refractivity contribution in [3.63, 3.8) is 0 Å². The van der Waals surface area contributed by atoms with Crippen molar-refractivity contribution >= 4 is 11.9 Å². The van der Waals surface area contributed by atoms with Crippen LogP contribution in [0.25, 0.3) is 0 Å². The van der Waals surface area contributed by atoms with Crippen LogP contribution in [0.1, 0.15) is 51.5 Å². The fraction of sp³-hybridized carbons (Fsp3) is 0.400. The van der Waals surface area contributed by atoms with Gasteiger partial charge in [0.1, 0.15) is 5.69 Å². The number of hydrogen-bond donors (Lipinski definition) is 2. The van der Waals surface area contributed by atoms with Crippen LogP contribution in [-0.2, 0) is 16.1 Å². The lowest BCUT2D eigenvalue weighted by atomic mass is 10.1. The standard InChI is InChI=1S/C20H26N2O4/c1-12-6-8-16(9-7-12)10-22(5)17(24)11-26-20(25)19-13(2)18(15(4)23)14(3)21-19/h6-9,15,21,23H,10-11H2,1-5H3/t15-/m0/s1. The molecule has 0 aliphatic carbocycles. The average Bonchev–Trinajstić information content (AvgIpc) is 2.89. The van der Waals surface area contributed by atoms with E-state index in [1.54, 1.807) is 27.8 Å². The second-order valence-electron chi connectivity index (χ2n) is 6.65. The molecule has 1 amide bonds. The van der Waals surface area contributed by atoms with Crippen molar-refractivity contribution in [3.8, 4) is 0 Å². The first-order chi connectivity index (χ1) is 12.2. The van der Waals surface area contributed by atoms with Crippen molar-refractivity contribution in [2.75, 3.05) is 13.7 Å². The maximum Gasteiger partial charge on any atom is 0.355 e. The van der Waals surface area contributed by atoms with E-state index in [2.05, 4.69) is 4.98 Å². The highest BCUT2D eigenvalue weighted by molar-refractivity contribution is 5.91. The van der Waals surface area contributed by atoms with Crippen LogP contribution in [0.2, 0.25) is 0 Å². The van der Waals surface area contributed by atoms with Crippen LogP contribution in [0.3, 0.4) is 0 Å². The number of H-pyrrole nitrogens is 1. The van der Waals surface area contributed by atoms with Crippen molar-refractivity contribution in [2.45, 2.75) is 40.3 Å². The second kappa shape index (κ2) is 8.19. The van der Waals surface area contributed by atoms with Crippen molar-refractivity contribution < 1.29 is 19.4 Å². The third-order valence-corrected chi connectivity index (χ3v) is 4.41. The van der Waals surface area contributed by atoms with E-state index in [0.29, 0.717) is 23.4 Å². The Morgan fingerprint density at radius 3 is 2.35 bits per heavy atom. The molecule has 1 heterocycles. The maximum atomic E-state index is 12.3. The molecule has 6 nitrogen and oxygen atoms in total. The molecule has 1 aromatic carbocycles. The van der Waals surface area contributed by atoms with E-state index in [4.69, 9.17) is 4.74 Å². The highest BCUT2D eigenvalue weighted by Gasteiger charge is 2.22. The third-order valence-electron chi connectivity index (χ3n) is 4.41. The zero-order valence-corrected chi connectivity index (χ0v) is 15.9. The Hall–Kier alpha value is -2.60. The van der Waals surface area contributed by atoms with Gasteiger partial charge in [0.05, 0.1) is 6.10 Å². The molecule has 0 aliphatic heterocycles. The number of nitrogens with one attached hydrogen (secondary N) is 1. The fourth-order valence-corrected chi connectivity index (χ4v) is 2.96. The van der Waals surface area contributed by atoms with E-state index in [9.17, 15) is 14.7 Å². The van der Waals surface area contributed by atoms with E-state index in [1.165, 1.54) is 4.90 Å². The van der Waals surface area contributed by atoms with Crippen LogP contribution in [0.4, 0.5) is 0 Å². The number of likely N-dealkylation sites (N-methyl/N-ethyl adjacent to an activating group) is 1. The van der Waals surface area contributed by atoms with Gasteiger partial charge in [-0.1, -0.05) is 29.8 Å². The Morgan fingerprint density at radius 1 is 1.19 bits per heavy atom. The number of esters is 1. The van der Waals surface area contributed by atoms with Crippen molar-refractivity contribution in [3.05, 3.63) is 57.9 Å². The summed E-state index contributed by atoms with van der Waals surface area (Å²) in [7, 11) is 1.67. The smallest absolute Gasteiger partial charge is 0.355 e. The van der Waals surface area contributed by atoms with E-state index in [0.717, 1.165) is 11.1 Å². The topological polar surface area (TPSA) is 82.6 Å². The van der Waals surface area contributed by atoms with Gasteiger partial charge in [-0.15, -0.1) is 0 Å². The minimum absolute atomic E-state index is 0.271. The predicted octanol–water partition coefficient (Wildman–Crippen LogP) is 2.81. The van der Waals surface area contributed by atoms with Crippen LogP contribution >= 0.6 is 0 Å². The molecule has 0 spiro atoms. The Morgan fingerprint density at radius 2 is 1.81 bits per heavy atom. The second-order valence-corrected chi connectivity index (χ2v) is 6.65. The van der Waals surface area contributed by atoms with Gasteiger partial charge in [0.2, 0.25) is 0 Å². The monoisotopic (exact) mass is 358 g/mol. The molecule has 140 valence electrons. The van der Waals surface area contributed by atoms with Gasteiger partial charge in [0.25, 0.3) is 5.91 Å². The summed E-state index contributed by atoms with van der Waals surface area (Å²) in [6.45, 7) is 7.29. The summed E-state index contributed by atoms with van der Waals surface area (Å²) in [5, 5.41) is 9.80. The van der Waals surface area contributed by atoms with E-state index in [1.807, 2.05) is 31.2 Å². The van der Waals surface area contributed by atoms with Gasteiger partial charge in [-0.25, -0.2) is 4.79 Å². The zero-order valence-electron chi connectivity index (χ0n) is 15.9. The minimum atomic E-state index is -0.685. The van der Waals surface area contributed by atoms with Gasteiger partial charge in [-0.3, -0.25) is 4.79 Å². The number of aliphatic hydroxyl groups is 1. The van der Waals surface area contributed by atoms with Crippen LogP contribution in [-0.4, -0.2) is 40.5 Å². The fourth-order valence-electron chi connectivity index (χ4n) is 2.96. The number of aromatic amines is 1. The number of ether oxygens (including phenoxy) is 1. The van der Waals surface area contributed by atoms with Gasteiger partial charge in [0.15, 0.2) is 6.61 Å². The lowest BCUT2D eigenvalue weighted by Gasteiger charge is -2.17. The lowest BCUT2D eigenvalue weighted by Crippen LogP contribution is -2.31. The van der Waals surface area contributed by atoms with E-state index >= 15 is 0 Å². The highest BCUT2D eigenvalue weighted by Crippen LogP contribution is 2.24. The number of aliphatic hydroxyl groups excluding tert-OH is 1. The van der Waals surface area contributed by atoms with Crippen LogP contribution in [0.15, 0.2) is 24.3 Å². The normalized spacial score (nSPS) is 11.9. The van der Waals surface area contributed by atoms with E-state index in [-0.39, 0.29) is 18.2 Å². The quantitative estimate of drug-likeness (QED) is 0.778. The van der Waals surface area contributed by atoms with Crippen LogP contribution in [0, 0.1) is 20.8 Å². The molecule has 0 unspecified atom stereocenters. The molecule has 0 aliphatic rings. The molecule has 0 radical (unpaired) electrons. The van der Waals surface area contributed by atoms with Crippen LogP contribution in [0.5, 0.6) is 0 Å². The average molecular weight is 358 g/mol. The van der Waals surface area contributed by atoms with Gasteiger partial charge < -0.3 is 19.7 Å². The maximum absolute atomic E-state index is 12.3. The number of aryl methyl sites for hydroxylation is 2. The summed E-state index contributed by atoms with van der Waals surface area (Å²) in [4.78, 5) is 28.9. The van der Waals surface area contributed by atoms with Gasteiger partial charge in [-0.2, -0.15) is 0 Å². The Kier molecular flexibility index (Phi) is 6.21. The number of carbonyl (C=O) groups excluding carboxylic acids is 2. The molecule has 6 heteroatoms. The molecular formula is C20H26N2O4. The molecule has 1 atom stereocenters. The lowest BCUT2D eigenvalue weighted by molar-refractivity contribution is -0.133. The first-order valence-corrected chi connectivity index (χ1v) is 8.54. The largest absolute Gasteiger partial charge is 0.451 e. The third kappa shape index (κ3) is 4.52. The Labute approximate surface area is 153 Å². The molecule has 1 aromatic heterocycles. The van der Waals surface area contributed by atoms with E-state index < -0.39 is 12.1 Å². The molecule has 0 saturated carbocycles. The molecular weight excluding hydrogens is 332 g/mol. The molecule has 26 heavy (non-hydrogen) atoms. The number of amides is 1. The minimum Gasteiger partial charge on any atom is -0.451 e. The molecule has 0 fully saturated rings. The summed E-state index contributed by atoms with van der Waals surface area (Å²) in [6, 6.07) is 7.91. The van der Waals surface area contributed by atoms with Gasteiger partial charge >= 0.3 is 5.97 Å². The molecule has 0 saturated heterocycles. The number of rotatable bonds is 6. The number of benzene rings is 1. The van der Waals surface area contributed by atoms with Gasteiger partial charge in [-0.05, 0) is 38.8 Å². The molecule has 0 bridgehead atoms. The summed E-state index contributed by atoms with van der Waals surface area (Å²) in [6.07, 6.45) is -0.685. The Bertz CT molecular complexity index is 791. The Balaban J connectivity index is 1.95. The van der Waals surface area contributed by atoms with Crippen LogP contribution < -0.4 is 0 Å². The number of nitrogens with zero attached hydrogens (tertiary/aromatic N) is 1. The number of aromatic nitrogens is 1. The zero-order chi connectivity index (χ0) is 19.4. The predicted molar refractivity (Wildman–Crippen MR) is 98.8 cm³/mol. The molecule has 2 aromatic rings.